The first-order valence-corrected chi connectivity index (χ1v) is 6.93. The Bertz CT molecular complexity index is 468. The molecule has 1 atom stereocenters. The molecule has 0 saturated heterocycles. The number of aryl methyl sites for hydroxylation is 1. The normalized spacial score (nSPS) is 11.9. The van der Waals surface area contributed by atoms with E-state index in [9.17, 15) is 9.59 Å². The van der Waals surface area contributed by atoms with Crippen molar-refractivity contribution in [1.82, 2.24) is 10.3 Å². The molecule has 0 radical (unpaired) electrons. The van der Waals surface area contributed by atoms with E-state index >= 15 is 0 Å². The van der Waals surface area contributed by atoms with E-state index in [1.54, 1.807) is 6.20 Å². The van der Waals surface area contributed by atoms with Gasteiger partial charge in [-0.2, -0.15) is 0 Å². The van der Waals surface area contributed by atoms with E-state index in [2.05, 4.69) is 26.2 Å². The van der Waals surface area contributed by atoms with E-state index < -0.39 is 12.0 Å². The Balaban J connectivity index is 2.66. The van der Waals surface area contributed by atoms with Crippen LogP contribution in [0.15, 0.2) is 21.8 Å². The quantitative estimate of drug-likeness (QED) is 0.804. The molecule has 0 saturated carbocycles. The Morgan fingerprint density at radius 1 is 1.61 bits per heavy atom. The fraction of sp³-hybridized carbons (Fsp3) is 0.364. The fourth-order valence-corrected chi connectivity index (χ4v) is 2.89. The molecule has 0 aliphatic rings. The number of carboxylic acid groups (broad SMARTS) is 1. The summed E-state index contributed by atoms with van der Waals surface area (Å²) in [5, 5.41) is 12.0. The Morgan fingerprint density at radius 2 is 2.28 bits per heavy atom. The summed E-state index contributed by atoms with van der Waals surface area (Å²) >= 11 is 4.65. The van der Waals surface area contributed by atoms with Gasteiger partial charge in [-0.25, -0.2) is 9.78 Å². The second-order valence-corrected chi connectivity index (χ2v) is 5.57. The van der Waals surface area contributed by atoms with Gasteiger partial charge in [-0.1, -0.05) is 0 Å². The van der Waals surface area contributed by atoms with Crippen LogP contribution in [0.5, 0.6) is 0 Å². The van der Waals surface area contributed by atoms with Gasteiger partial charge in [-0.05, 0) is 34.5 Å². The average Bonchev–Trinajstić information content (AvgIpc) is 2.25. The van der Waals surface area contributed by atoms with Gasteiger partial charge in [0, 0.05) is 18.9 Å². The van der Waals surface area contributed by atoms with Gasteiger partial charge in [-0.15, -0.1) is 11.8 Å². The number of carbonyl (C=O) groups is 2. The van der Waals surface area contributed by atoms with E-state index in [0.29, 0.717) is 5.03 Å². The average molecular weight is 333 g/mol. The molecule has 1 aromatic heterocycles. The molecule has 0 fully saturated rings. The summed E-state index contributed by atoms with van der Waals surface area (Å²) in [7, 11) is 0. The number of thioether (sulfide) groups is 1. The molecular formula is C11H13BrN2O3S. The van der Waals surface area contributed by atoms with Gasteiger partial charge in [0.2, 0.25) is 5.91 Å². The molecule has 98 valence electrons. The molecule has 0 bridgehead atoms. The van der Waals surface area contributed by atoms with Crippen LogP contribution < -0.4 is 5.32 Å². The highest BCUT2D eigenvalue weighted by Crippen LogP contribution is 2.26. The third-order valence-corrected chi connectivity index (χ3v) is 3.97. The van der Waals surface area contributed by atoms with Crippen molar-refractivity contribution < 1.29 is 14.7 Å². The van der Waals surface area contributed by atoms with Crippen molar-refractivity contribution in [3.63, 3.8) is 0 Å². The molecule has 1 rings (SSSR count). The number of nitrogens with zero attached hydrogens (tertiary/aromatic N) is 1. The first-order chi connectivity index (χ1) is 8.40. The monoisotopic (exact) mass is 332 g/mol. The maximum atomic E-state index is 10.9. The number of carbonyl (C=O) groups excluding carboxylic acids is 1. The van der Waals surface area contributed by atoms with Gasteiger partial charge in [0.25, 0.3) is 0 Å². The Labute approximate surface area is 117 Å². The minimum absolute atomic E-state index is 0.226. The summed E-state index contributed by atoms with van der Waals surface area (Å²) in [6.45, 7) is 3.21. The van der Waals surface area contributed by atoms with Crippen LogP contribution in [-0.2, 0) is 9.59 Å². The lowest BCUT2D eigenvalue weighted by Gasteiger charge is -2.12. The lowest BCUT2D eigenvalue weighted by atomic mass is 10.3. The van der Waals surface area contributed by atoms with Crippen LogP contribution in [-0.4, -0.2) is 33.8 Å². The predicted molar refractivity (Wildman–Crippen MR) is 72.6 cm³/mol. The summed E-state index contributed by atoms with van der Waals surface area (Å²) < 4.78 is 0.819. The number of carboxylic acids is 1. The SMILES string of the molecule is CC(=O)NC(CSc1ncc(C)cc1Br)C(=O)O. The molecule has 0 aromatic carbocycles. The molecule has 5 nitrogen and oxygen atoms in total. The van der Waals surface area contributed by atoms with Gasteiger partial charge < -0.3 is 10.4 Å². The van der Waals surface area contributed by atoms with Crippen molar-refractivity contribution >= 4 is 39.6 Å². The zero-order valence-corrected chi connectivity index (χ0v) is 12.3. The van der Waals surface area contributed by atoms with Crippen LogP contribution in [0.3, 0.4) is 0 Å². The van der Waals surface area contributed by atoms with Crippen LogP contribution in [0.2, 0.25) is 0 Å². The second kappa shape index (κ2) is 6.75. The number of aromatic nitrogens is 1. The van der Waals surface area contributed by atoms with Crippen molar-refractivity contribution in [3.05, 3.63) is 22.3 Å². The number of aliphatic carboxylic acids is 1. The number of hydrogen-bond acceptors (Lipinski definition) is 4. The molecule has 7 heteroatoms. The first kappa shape index (κ1) is 15.0. The molecule has 0 aliphatic heterocycles. The molecule has 0 aliphatic carbocycles. The van der Waals surface area contributed by atoms with Crippen LogP contribution in [0.4, 0.5) is 0 Å². The molecule has 1 heterocycles. The van der Waals surface area contributed by atoms with E-state index in [1.807, 2.05) is 13.0 Å². The zero-order valence-electron chi connectivity index (χ0n) is 9.94. The van der Waals surface area contributed by atoms with E-state index in [0.717, 1.165) is 10.0 Å². The minimum Gasteiger partial charge on any atom is -0.480 e. The molecule has 1 unspecified atom stereocenters. The number of halogens is 1. The smallest absolute Gasteiger partial charge is 0.327 e. The Kier molecular flexibility index (Phi) is 5.61. The van der Waals surface area contributed by atoms with Gasteiger partial charge in [0.1, 0.15) is 11.1 Å². The molecular weight excluding hydrogens is 320 g/mol. The minimum atomic E-state index is -1.05. The van der Waals surface area contributed by atoms with Crippen LogP contribution in [0, 0.1) is 6.92 Å². The summed E-state index contributed by atoms with van der Waals surface area (Å²) in [5.74, 6) is -1.19. The summed E-state index contributed by atoms with van der Waals surface area (Å²) in [6.07, 6.45) is 1.71. The highest BCUT2D eigenvalue weighted by Gasteiger charge is 2.19. The fourth-order valence-electron chi connectivity index (χ4n) is 1.21. The lowest BCUT2D eigenvalue weighted by Crippen LogP contribution is -2.41. The zero-order chi connectivity index (χ0) is 13.7. The summed E-state index contributed by atoms with van der Waals surface area (Å²) in [6, 6.07) is 0.992. The number of rotatable bonds is 5. The van der Waals surface area contributed by atoms with E-state index in [1.165, 1.54) is 18.7 Å². The maximum absolute atomic E-state index is 10.9. The van der Waals surface area contributed by atoms with Gasteiger partial charge >= 0.3 is 5.97 Å². The van der Waals surface area contributed by atoms with Crippen molar-refractivity contribution in [1.29, 1.82) is 0 Å². The maximum Gasteiger partial charge on any atom is 0.327 e. The van der Waals surface area contributed by atoms with E-state index in [-0.39, 0.29) is 11.7 Å². The Hall–Kier alpha value is -1.08. The number of nitrogens with one attached hydrogen (secondary N) is 1. The van der Waals surface area contributed by atoms with Gasteiger partial charge in [0.05, 0.1) is 4.47 Å². The Morgan fingerprint density at radius 3 is 2.78 bits per heavy atom. The van der Waals surface area contributed by atoms with Crippen LogP contribution in [0.25, 0.3) is 0 Å². The standard InChI is InChI=1S/C11H13BrN2O3S/c1-6-3-8(12)10(13-4-6)18-5-9(11(16)17)14-7(2)15/h3-4,9H,5H2,1-2H3,(H,14,15)(H,16,17). The summed E-state index contributed by atoms with van der Waals surface area (Å²) in [4.78, 5) is 26.0. The molecule has 1 amide bonds. The molecule has 18 heavy (non-hydrogen) atoms. The molecule has 2 N–H and O–H groups in total. The van der Waals surface area contributed by atoms with E-state index in [4.69, 9.17) is 5.11 Å². The van der Waals surface area contributed by atoms with Gasteiger partial charge in [0.15, 0.2) is 0 Å². The number of amides is 1. The largest absolute Gasteiger partial charge is 0.480 e. The van der Waals surface area contributed by atoms with Gasteiger partial charge in [-0.3, -0.25) is 4.79 Å². The highest BCUT2D eigenvalue weighted by molar-refractivity contribution is 9.10. The predicted octanol–water partition coefficient (Wildman–Crippen LogP) is 1.83. The van der Waals surface area contributed by atoms with Crippen LogP contribution >= 0.6 is 27.7 Å². The number of hydrogen-bond donors (Lipinski definition) is 2. The first-order valence-electron chi connectivity index (χ1n) is 5.15. The highest BCUT2D eigenvalue weighted by atomic mass is 79.9. The van der Waals surface area contributed by atoms with Crippen molar-refractivity contribution in [3.8, 4) is 0 Å². The number of pyridine rings is 1. The summed E-state index contributed by atoms with van der Waals surface area (Å²) in [5.41, 5.74) is 1.02. The third-order valence-electron chi connectivity index (χ3n) is 2.01. The molecule has 0 spiro atoms. The molecule has 1 aromatic rings. The van der Waals surface area contributed by atoms with Crippen LogP contribution in [0.1, 0.15) is 12.5 Å². The lowest BCUT2D eigenvalue weighted by molar-refractivity contribution is -0.140. The third kappa shape index (κ3) is 4.66. The topological polar surface area (TPSA) is 79.3 Å². The van der Waals surface area contributed by atoms with Crippen molar-refractivity contribution in [2.45, 2.75) is 24.9 Å². The van der Waals surface area contributed by atoms with Crippen molar-refractivity contribution in [2.75, 3.05) is 5.75 Å². The second-order valence-electron chi connectivity index (χ2n) is 3.70. The van der Waals surface area contributed by atoms with Crippen molar-refractivity contribution in [2.24, 2.45) is 0 Å².